The van der Waals surface area contributed by atoms with Crippen LogP contribution in [0.5, 0.6) is 0 Å². The molecule has 0 atom stereocenters. The van der Waals surface area contributed by atoms with Crippen molar-refractivity contribution in [2.45, 2.75) is 28.4 Å². The maximum absolute atomic E-state index is 12.7. The highest BCUT2D eigenvalue weighted by molar-refractivity contribution is 8.00. The molecule has 0 bridgehead atoms. The van der Waals surface area contributed by atoms with Gasteiger partial charge in [-0.1, -0.05) is 16.9 Å². The lowest BCUT2D eigenvalue weighted by Crippen LogP contribution is -2.22. The summed E-state index contributed by atoms with van der Waals surface area (Å²) in [6, 6.07) is 3.16. The van der Waals surface area contributed by atoms with Crippen molar-refractivity contribution >= 4 is 75.2 Å². The third-order valence-electron chi connectivity index (χ3n) is 4.97. The summed E-state index contributed by atoms with van der Waals surface area (Å²) in [6.45, 7) is 1.29. The molecule has 0 saturated carbocycles. The summed E-state index contributed by atoms with van der Waals surface area (Å²) in [5.74, 6) is -0.857. The molecule has 0 aliphatic heterocycles. The van der Waals surface area contributed by atoms with Crippen molar-refractivity contribution in [1.29, 1.82) is 0 Å². The number of benzene rings is 1. The average Bonchev–Trinajstić information content (AvgIpc) is 3.42. The first kappa shape index (κ1) is 33.4. The number of nitrogens with zero attached hydrogens (tertiary/aromatic N) is 5. The zero-order valence-corrected chi connectivity index (χ0v) is 25.5. The third-order valence-corrected chi connectivity index (χ3v) is 9.76. The molecular formula is C18H23N7O12S5. The van der Waals surface area contributed by atoms with Crippen molar-refractivity contribution in [3.63, 3.8) is 0 Å². The number of anilines is 2. The van der Waals surface area contributed by atoms with Crippen LogP contribution in [-0.4, -0.2) is 86.6 Å². The summed E-state index contributed by atoms with van der Waals surface area (Å²) >= 11 is 0.972. The van der Waals surface area contributed by atoms with Crippen molar-refractivity contribution in [3.05, 3.63) is 30.0 Å². The van der Waals surface area contributed by atoms with Crippen LogP contribution < -0.4 is 10.0 Å². The summed E-state index contributed by atoms with van der Waals surface area (Å²) < 4.78 is 129. The van der Waals surface area contributed by atoms with Crippen LogP contribution in [0.15, 0.2) is 53.9 Å². The van der Waals surface area contributed by atoms with E-state index in [0.29, 0.717) is 23.9 Å². The fraction of sp³-hybridized carbons (Fsp3) is 0.333. The highest BCUT2D eigenvalue weighted by Crippen LogP contribution is 2.31. The number of hydrogen-bond donors (Lipinski definition) is 5. The number of hydrogen-bond acceptors (Lipinski definition) is 15. The second-order valence-electron chi connectivity index (χ2n) is 8.16. The predicted molar refractivity (Wildman–Crippen MR) is 148 cm³/mol. The quantitative estimate of drug-likeness (QED) is 0.0911. The summed E-state index contributed by atoms with van der Waals surface area (Å²) in [4.78, 5) is -1.94. The lowest BCUT2D eigenvalue weighted by atomic mass is 10.3. The van der Waals surface area contributed by atoms with Crippen molar-refractivity contribution in [2.24, 2.45) is 10.2 Å². The first-order valence-electron chi connectivity index (χ1n) is 11.1. The number of nitrogens with one attached hydrogen (secondary N) is 2. The molecule has 3 rings (SSSR count). The van der Waals surface area contributed by atoms with Gasteiger partial charge in [0.15, 0.2) is 16.6 Å². The molecule has 2 heterocycles. The van der Waals surface area contributed by atoms with Gasteiger partial charge in [0.25, 0.3) is 30.4 Å². The molecule has 2 aromatic heterocycles. The van der Waals surface area contributed by atoms with E-state index < -0.39 is 67.4 Å². The zero-order chi connectivity index (χ0) is 31.5. The monoisotopic (exact) mass is 689 g/mol. The Bertz CT molecular complexity index is 1880. The molecule has 232 valence electrons. The van der Waals surface area contributed by atoms with E-state index in [9.17, 15) is 42.8 Å². The van der Waals surface area contributed by atoms with Crippen LogP contribution in [0, 0.1) is 6.92 Å². The fourth-order valence-electron chi connectivity index (χ4n) is 3.18. The van der Waals surface area contributed by atoms with Gasteiger partial charge >= 0.3 is 0 Å². The molecule has 24 heteroatoms. The van der Waals surface area contributed by atoms with Gasteiger partial charge in [-0.2, -0.15) is 30.4 Å². The highest BCUT2D eigenvalue weighted by Gasteiger charge is 2.22. The zero-order valence-electron chi connectivity index (χ0n) is 21.4. The molecule has 0 fully saturated rings. The number of rotatable bonds is 14. The standard InChI is InChI=1S/C18H23N7O12S5/c1-11-17(21-20-15-10-16(37-23-15)38-4-6-40(28,29)30)18(19-2)25(22-11)3-5-39(26,27)24-12-7-13(41(31,32)33)9-14(8-12)42(34,35)36/h7-10,19,24H,3-6H2,1-2H3,(H,28,29,30)(H,31,32,33)(H,34,35,36). The van der Waals surface area contributed by atoms with Crippen LogP contribution in [0.25, 0.3) is 0 Å². The Morgan fingerprint density at radius 2 is 1.55 bits per heavy atom. The van der Waals surface area contributed by atoms with Crippen molar-refractivity contribution in [1.82, 2.24) is 14.9 Å². The largest absolute Gasteiger partial charge is 0.371 e. The van der Waals surface area contributed by atoms with E-state index in [1.165, 1.54) is 17.8 Å². The third kappa shape index (κ3) is 9.45. The number of azo groups is 1. The molecule has 3 aromatic rings. The van der Waals surface area contributed by atoms with Gasteiger partial charge in [0.05, 0.1) is 39.2 Å². The minimum Gasteiger partial charge on any atom is -0.371 e. The van der Waals surface area contributed by atoms with E-state index in [1.807, 2.05) is 4.72 Å². The van der Waals surface area contributed by atoms with Gasteiger partial charge in [0.1, 0.15) is 0 Å². The maximum atomic E-state index is 12.7. The number of thioether (sulfide) groups is 1. The first-order valence-corrected chi connectivity index (χ1v) is 18.2. The van der Waals surface area contributed by atoms with E-state index in [2.05, 4.69) is 25.8 Å². The summed E-state index contributed by atoms with van der Waals surface area (Å²) in [7, 11) is -16.8. The molecule has 19 nitrogen and oxygen atoms in total. The number of sulfonamides is 1. The Kier molecular flexibility index (Phi) is 10.0. The molecule has 5 N–H and O–H groups in total. The minimum atomic E-state index is -4.96. The second-order valence-corrected chi connectivity index (χ2v) is 15.5. The summed E-state index contributed by atoms with van der Waals surface area (Å²) in [5.41, 5.74) is -0.00992. The van der Waals surface area contributed by atoms with Crippen molar-refractivity contribution in [3.8, 4) is 0 Å². The van der Waals surface area contributed by atoms with Gasteiger partial charge in [0.2, 0.25) is 15.8 Å². The Morgan fingerprint density at radius 1 is 0.929 bits per heavy atom. The first-order chi connectivity index (χ1) is 19.3. The number of aryl methyl sites for hydroxylation is 2. The molecule has 1 aromatic carbocycles. The lowest BCUT2D eigenvalue weighted by Gasteiger charge is -2.12. The Morgan fingerprint density at radius 3 is 2.10 bits per heavy atom. The molecule has 0 unspecified atom stereocenters. The number of aromatic nitrogens is 3. The topological polar surface area (TPSA) is 290 Å². The Balaban J connectivity index is 1.76. The van der Waals surface area contributed by atoms with Crippen LogP contribution in [0.3, 0.4) is 0 Å². The van der Waals surface area contributed by atoms with E-state index in [4.69, 9.17) is 9.08 Å². The van der Waals surface area contributed by atoms with Gasteiger partial charge in [0, 0.05) is 18.9 Å². The van der Waals surface area contributed by atoms with Crippen LogP contribution in [-0.2, 0) is 46.9 Å². The molecule has 0 radical (unpaired) electrons. The SMILES string of the molecule is CNc1c(N=Nc2cc(SCCS(=O)(=O)O)on2)c(C)nn1CCS(=O)(=O)Nc1cc(S(=O)(=O)O)cc(S(=O)(=O)O)c1. The van der Waals surface area contributed by atoms with Gasteiger partial charge in [-0.25, -0.2) is 13.1 Å². The van der Waals surface area contributed by atoms with Crippen LogP contribution in [0.1, 0.15) is 5.69 Å². The van der Waals surface area contributed by atoms with Gasteiger partial charge < -0.3 is 9.84 Å². The molecular weight excluding hydrogens is 667 g/mol. The molecule has 0 saturated heterocycles. The van der Waals surface area contributed by atoms with Crippen LogP contribution >= 0.6 is 11.8 Å². The van der Waals surface area contributed by atoms with Crippen molar-refractivity contribution < 1.29 is 51.9 Å². The van der Waals surface area contributed by atoms with Gasteiger partial charge in [-0.15, -0.1) is 10.2 Å². The second kappa shape index (κ2) is 12.6. The maximum Gasteiger partial charge on any atom is 0.294 e. The van der Waals surface area contributed by atoms with Crippen LogP contribution in [0.4, 0.5) is 23.0 Å². The normalized spacial score (nSPS) is 13.1. The molecule has 0 amide bonds. The minimum absolute atomic E-state index is 0.00578. The summed E-state index contributed by atoms with van der Waals surface area (Å²) in [6.07, 6.45) is 0. The van der Waals surface area contributed by atoms with Crippen LogP contribution in [0.2, 0.25) is 0 Å². The molecule has 42 heavy (non-hydrogen) atoms. The smallest absolute Gasteiger partial charge is 0.294 e. The average molecular weight is 690 g/mol. The van der Waals surface area contributed by atoms with Gasteiger partial charge in [-0.3, -0.25) is 18.4 Å². The van der Waals surface area contributed by atoms with E-state index in [0.717, 1.165) is 11.8 Å². The highest BCUT2D eigenvalue weighted by atomic mass is 32.2. The molecule has 0 aliphatic rings. The predicted octanol–water partition coefficient (Wildman–Crippen LogP) is 1.55. The van der Waals surface area contributed by atoms with Crippen molar-refractivity contribution in [2.75, 3.05) is 34.3 Å². The Labute approximate surface area is 244 Å². The lowest BCUT2D eigenvalue weighted by molar-refractivity contribution is 0.351. The Hall–Kier alpha value is -3.13. The fourth-order valence-corrected chi connectivity index (χ4v) is 7.01. The van der Waals surface area contributed by atoms with Gasteiger partial charge in [-0.05, 0) is 25.1 Å². The van der Waals surface area contributed by atoms with E-state index in [-0.39, 0.29) is 34.7 Å². The summed E-state index contributed by atoms with van der Waals surface area (Å²) in [5, 5.41) is 18.9. The van der Waals surface area contributed by atoms with E-state index in [1.54, 1.807) is 6.92 Å². The molecule has 0 aliphatic carbocycles. The molecule has 0 spiro atoms. The van der Waals surface area contributed by atoms with E-state index >= 15 is 0 Å².